The van der Waals surface area contributed by atoms with Crippen LogP contribution in [0.1, 0.15) is 19.8 Å². The van der Waals surface area contributed by atoms with Crippen LogP contribution in [-0.2, 0) is 17.1 Å². The van der Waals surface area contributed by atoms with E-state index in [4.69, 9.17) is 5.11 Å². The second-order valence-electron chi connectivity index (χ2n) is 4.19. The van der Waals surface area contributed by atoms with E-state index in [1.807, 2.05) is 0 Å². The predicted molar refractivity (Wildman–Crippen MR) is 73.1 cm³/mol. The van der Waals surface area contributed by atoms with E-state index in [0.717, 1.165) is 18.2 Å². The Morgan fingerprint density at radius 3 is 2.62 bits per heavy atom. The van der Waals surface area contributed by atoms with Gasteiger partial charge in [-0.1, -0.05) is 0 Å². The number of carbonyl (C=O) groups excluding carboxylic acids is 2. The number of rotatable bonds is 6. The van der Waals surface area contributed by atoms with Gasteiger partial charge in [-0.15, -0.1) is 0 Å². The van der Waals surface area contributed by atoms with Crippen LogP contribution in [0.2, 0.25) is 0 Å². The van der Waals surface area contributed by atoms with Crippen molar-refractivity contribution in [3.8, 4) is 5.75 Å². The maximum absolute atomic E-state index is 12.2. The fourth-order valence-electron chi connectivity index (χ4n) is 1.52. The topological polar surface area (TPSA) is 133 Å². The van der Waals surface area contributed by atoms with Gasteiger partial charge in [0.1, 0.15) is 0 Å². The van der Waals surface area contributed by atoms with Crippen molar-refractivity contribution in [1.29, 1.82) is 0 Å². The molecule has 1 atom stereocenters. The van der Waals surface area contributed by atoms with Crippen LogP contribution < -0.4 is 9.67 Å². The Labute approximate surface area is 123 Å². The molecule has 1 aromatic rings. The third-order valence-corrected chi connectivity index (χ3v) is 5.40. The van der Waals surface area contributed by atoms with Gasteiger partial charge in [-0.3, -0.25) is 0 Å². The van der Waals surface area contributed by atoms with Gasteiger partial charge in [0.15, 0.2) is 0 Å². The van der Waals surface area contributed by atoms with Gasteiger partial charge >= 0.3 is 123 Å². The average molecular weight is 361 g/mol. The van der Waals surface area contributed by atoms with Crippen LogP contribution in [0.4, 0.5) is 5.69 Å². The second-order valence-corrected chi connectivity index (χ2v) is 7.77. The number of phenols is 1. The van der Waals surface area contributed by atoms with E-state index >= 15 is 0 Å². The third kappa shape index (κ3) is 5.26. The van der Waals surface area contributed by atoms with Gasteiger partial charge in [-0.05, 0) is 0 Å². The number of anilines is 1. The molecule has 0 aliphatic rings. The molecular formula is C12H16AsNO7. The number of amides is 1. The molecule has 1 amide bonds. The van der Waals surface area contributed by atoms with E-state index in [1.165, 1.54) is 6.92 Å². The summed E-state index contributed by atoms with van der Waals surface area (Å²) in [7, 11) is 0. The van der Waals surface area contributed by atoms with Crippen molar-refractivity contribution in [3.05, 3.63) is 18.2 Å². The quantitative estimate of drug-likeness (QED) is 0.489. The number of nitrogens with one attached hydrogen (secondary N) is 1. The van der Waals surface area contributed by atoms with Crippen molar-refractivity contribution < 1.29 is 31.4 Å². The van der Waals surface area contributed by atoms with Gasteiger partial charge in [-0.25, -0.2) is 0 Å². The average Bonchev–Trinajstić information content (AvgIpc) is 2.34. The Morgan fingerprint density at radius 2 is 2.05 bits per heavy atom. The normalized spacial score (nSPS) is 13.3. The molecule has 0 bridgehead atoms. The van der Waals surface area contributed by atoms with Crippen molar-refractivity contribution in [2.75, 3.05) is 11.9 Å². The summed E-state index contributed by atoms with van der Waals surface area (Å²) in [6.07, 6.45) is -0.0846. The van der Waals surface area contributed by atoms with Crippen LogP contribution in [0.5, 0.6) is 5.75 Å². The van der Waals surface area contributed by atoms with Crippen LogP contribution >= 0.6 is 0 Å². The van der Waals surface area contributed by atoms with E-state index < -0.39 is 26.0 Å². The molecule has 8 nitrogen and oxygen atoms in total. The summed E-state index contributed by atoms with van der Waals surface area (Å²) in [5, 5.41) is 20.2. The summed E-state index contributed by atoms with van der Waals surface area (Å²) < 4.78 is 26.4. The number of benzene rings is 1. The first kappa shape index (κ1) is 17.3. The standard InChI is InChI=1S/C12H16AsNO7/c1-8(16)14-11-7-9(17)4-5-10(11)13(19,20)21-12(18)3-2-6-15/h4-5,7,15,17H,2-3,6H2,1H3,(H,14,16)(H,19,20). The number of aliphatic hydroxyl groups excluding tert-OH is 1. The minimum atomic E-state index is -5.22. The van der Waals surface area contributed by atoms with Gasteiger partial charge in [0.25, 0.3) is 0 Å². The zero-order valence-electron chi connectivity index (χ0n) is 11.3. The van der Waals surface area contributed by atoms with Crippen LogP contribution in [0.15, 0.2) is 18.2 Å². The van der Waals surface area contributed by atoms with Gasteiger partial charge in [0, 0.05) is 0 Å². The number of aliphatic hydroxyl groups is 1. The number of hydrogen-bond acceptors (Lipinski definition) is 6. The minimum absolute atomic E-state index is 0.0949. The van der Waals surface area contributed by atoms with Crippen LogP contribution in [0.25, 0.3) is 0 Å². The molecule has 1 aromatic carbocycles. The zero-order chi connectivity index (χ0) is 16.0. The van der Waals surface area contributed by atoms with Crippen molar-refractivity contribution in [1.82, 2.24) is 0 Å². The molecule has 21 heavy (non-hydrogen) atoms. The summed E-state index contributed by atoms with van der Waals surface area (Å²) >= 11 is -5.22. The molecule has 0 spiro atoms. The Bertz CT molecular complexity index is 587. The molecule has 0 aliphatic heterocycles. The molecule has 4 N–H and O–H groups in total. The van der Waals surface area contributed by atoms with Gasteiger partial charge < -0.3 is 0 Å². The van der Waals surface area contributed by atoms with Crippen molar-refractivity contribution >= 4 is 36.1 Å². The maximum atomic E-state index is 12.2. The van der Waals surface area contributed by atoms with E-state index in [9.17, 15) is 22.5 Å². The Kier molecular flexibility index (Phi) is 6.01. The van der Waals surface area contributed by atoms with Crippen molar-refractivity contribution in [2.45, 2.75) is 19.8 Å². The monoisotopic (exact) mass is 361 g/mol. The number of phenolic OH excluding ortho intramolecular Hbond substituents is 1. The molecule has 1 unspecified atom stereocenters. The third-order valence-electron chi connectivity index (χ3n) is 2.36. The molecule has 0 heterocycles. The van der Waals surface area contributed by atoms with Crippen molar-refractivity contribution in [3.63, 3.8) is 0 Å². The van der Waals surface area contributed by atoms with E-state index in [0.29, 0.717) is 0 Å². The summed E-state index contributed by atoms with van der Waals surface area (Å²) in [6, 6.07) is 3.34. The number of hydrogen-bond donors (Lipinski definition) is 4. The fraction of sp³-hybridized carbons (Fsp3) is 0.333. The molecule has 0 saturated heterocycles. The number of aromatic hydroxyl groups is 1. The zero-order valence-corrected chi connectivity index (χ0v) is 13.2. The Balaban J connectivity index is 3.04. The summed E-state index contributed by atoms with van der Waals surface area (Å²) in [6.45, 7) is 0.949. The molecule has 116 valence electrons. The molecule has 9 heteroatoms. The summed E-state index contributed by atoms with van der Waals surface area (Å²) in [4.78, 5) is 22.5. The predicted octanol–water partition coefficient (Wildman–Crippen LogP) is -0.765. The molecule has 1 rings (SSSR count). The summed E-state index contributed by atoms with van der Waals surface area (Å²) in [5.41, 5.74) is -0.0949. The fourth-order valence-corrected chi connectivity index (χ4v) is 3.94. The van der Waals surface area contributed by atoms with Gasteiger partial charge in [0.05, 0.1) is 0 Å². The first-order valence-electron chi connectivity index (χ1n) is 6.03. The first-order chi connectivity index (χ1) is 9.76. The van der Waals surface area contributed by atoms with Crippen LogP contribution in [0.3, 0.4) is 0 Å². The van der Waals surface area contributed by atoms with Crippen LogP contribution in [0, 0.1) is 0 Å². The summed E-state index contributed by atoms with van der Waals surface area (Å²) in [5.74, 6) is -1.65. The SMILES string of the molecule is CC(=O)Nc1cc(O)ccc1[As](=O)(O)OC(=O)CCCO. The Morgan fingerprint density at radius 1 is 1.38 bits per heavy atom. The van der Waals surface area contributed by atoms with E-state index in [1.54, 1.807) is 0 Å². The number of carbonyl (C=O) groups is 2. The molecule has 0 aromatic heterocycles. The molecule has 0 fully saturated rings. The molecule has 0 radical (unpaired) electrons. The molecular weight excluding hydrogens is 345 g/mol. The van der Waals surface area contributed by atoms with E-state index in [-0.39, 0.29) is 35.2 Å². The van der Waals surface area contributed by atoms with E-state index in [2.05, 4.69) is 9.04 Å². The molecule has 0 aliphatic carbocycles. The van der Waals surface area contributed by atoms with Gasteiger partial charge in [0.2, 0.25) is 0 Å². The molecule has 0 saturated carbocycles. The van der Waals surface area contributed by atoms with Crippen molar-refractivity contribution in [2.24, 2.45) is 0 Å². The van der Waals surface area contributed by atoms with Crippen LogP contribution in [-0.4, -0.2) is 47.0 Å². The first-order valence-corrected chi connectivity index (χ1v) is 9.34. The Hall–Kier alpha value is -1.76. The van der Waals surface area contributed by atoms with Gasteiger partial charge in [-0.2, -0.15) is 0 Å². The second kappa shape index (κ2) is 7.30.